The van der Waals surface area contributed by atoms with Crippen LogP contribution in [0.15, 0.2) is 22.7 Å². The Kier molecular flexibility index (Phi) is 3.71. The molecule has 0 saturated carbocycles. The molecular weight excluding hydrogens is 331 g/mol. The third-order valence-corrected chi connectivity index (χ3v) is 2.70. The Balaban J connectivity index is 3.08. The molecule has 1 aromatic carbocycles. The second kappa shape index (κ2) is 4.37. The fourth-order valence-electron chi connectivity index (χ4n) is 0.917. The number of carbonyl (C=O) groups is 1. The van der Waals surface area contributed by atoms with Crippen molar-refractivity contribution in [2.75, 3.05) is 0 Å². The molecule has 12 heavy (non-hydrogen) atoms. The first-order valence-electron chi connectivity index (χ1n) is 3.55. The highest BCUT2D eigenvalue weighted by atomic mass is 127. The Morgan fingerprint density at radius 2 is 2.17 bits per heavy atom. The van der Waals surface area contributed by atoms with E-state index in [2.05, 4.69) is 38.5 Å². The molecule has 1 aromatic rings. The number of hydrogen-bond donors (Lipinski definition) is 0. The smallest absolute Gasteiger partial charge is 0.127 e. The van der Waals surface area contributed by atoms with Crippen molar-refractivity contribution in [1.82, 2.24) is 0 Å². The van der Waals surface area contributed by atoms with Crippen LogP contribution in [-0.4, -0.2) is 6.29 Å². The first-order chi connectivity index (χ1) is 5.63. The summed E-state index contributed by atoms with van der Waals surface area (Å²) < 4.78 is 2.17. The summed E-state index contributed by atoms with van der Waals surface area (Å²) in [5, 5.41) is 0. The van der Waals surface area contributed by atoms with Gasteiger partial charge in [-0.15, -0.1) is 0 Å². The molecule has 0 fully saturated rings. The fourth-order valence-corrected chi connectivity index (χ4v) is 2.55. The quantitative estimate of drug-likeness (QED) is 0.597. The standard InChI is InChI=1S/C9H8BrIO/c1-6(5-12)7-2-8(10)4-9(11)3-7/h2-6H,1H3. The lowest BCUT2D eigenvalue weighted by Gasteiger charge is -2.04. The topological polar surface area (TPSA) is 17.1 Å². The maximum atomic E-state index is 10.5. The SMILES string of the molecule is CC(C=O)c1cc(Br)cc(I)c1. The second-order valence-electron chi connectivity index (χ2n) is 2.63. The molecule has 64 valence electrons. The summed E-state index contributed by atoms with van der Waals surface area (Å²) in [6, 6.07) is 6.01. The van der Waals surface area contributed by atoms with Crippen LogP contribution in [0.1, 0.15) is 18.4 Å². The summed E-state index contributed by atoms with van der Waals surface area (Å²) in [5.41, 5.74) is 1.06. The number of benzene rings is 1. The van der Waals surface area contributed by atoms with Gasteiger partial charge in [-0.1, -0.05) is 22.9 Å². The summed E-state index contributed by atoms with van der Waals surface area (Å²) in [4.78, 5) is 10.5. The number of rotatable bonds is 2. The molecule has 1 unspecified atom stereocenters. The predicted molar refractivity (Wildman–Crippen MR) is 61.3 cm³/mol. The van der Waals surface area contributed by atoms with Crippen molar-refractivity contribution in [2.24, 2.45) is 0 Å². The van der Waals surface area contributed by atoms with Crippen molar-refractivity contribution in [1.29, 1.82) is 0 Å². The van der Waals surface area contributed by atoms with Crippen LogP contribution in [0.5, 0.6) is 0 Å². The van der Waals surface area contributed by atoms with E-state index in [9.17, 15) is 4.79 Å². The molecule has 0 aliphatic rings. The van der Waals surface area contributed by atoms with Gasteiger partial charge >= 0.3 is 0 Å². The molecule has 0 aliphatic heterocycles. The van der Waals surface area contributed by atoms with Gasteiger partial charge in [0.15, 0.2) is 0 Å². The van der Waals surface area contributed by atoms with E-state index in [1.807, 2.05) is 25.1 Å². The largest absolute Gasteiger partial charge is 0.303 e. The van der Waals surface area contributed by atoms with E-state index in [4.69, 9.17) is 0 Å². The number of halogens is 2. The molecule has 0 aromatic heterocycles. The molecule has 1 nitrogen and oxygen atoms in total. The van der Waals surface area contributed by atoms with E-state index in [1.54, 1.807) is 0 Å². The fraction of sp³-hybridized carbons (Fsp3) is 0.222. The summed E-state index contributed by atoms with van der Waals surface area (Å²) in [6.45, 7) is 1.89. The summed E-state index contributed by atoms with van der Waals surface area (Å²) in [6.07, 6.45) is 0.956. The normalized spacial score (nSPS) is 12.6. The van der Waals surface area contributed by atoms with Crippen molar-refractivity contribution in [3.8, 4) is 0 Å². The van der Waals surface area contributed by atoms with Gasteiger partial charge in [-0.3, -0.25) is 0 Å². The maximum Gasteiger partial charge on any atom is 0.127 e. The third kappa shape index (κ3) is 2.55. The molecule has 0 aliphatic carbocycles. The van der Waals surface area contributed by atoms with Crippen LogP contribution < -0.4 is 0 Å². The molecule has 1 atom stereocenters. The highest BCUT2D eigenvalue weighted by molar-refractivity contribution is 14.1. The average molecular weight is 339 g/mol. The third-order valence-electron chi connectivity index (χ3n) is 1.61. The molecular formula is C9H8BrIO. The average Bonchev–Trinajstić information content (AvgIpc) is 2.01. The Bertz CT molecular complexity index is 278. The lowest BCUT2D eigenvalue weighted by molar-refractivity contribution is -0.108. The van der Waals surface area contributed by atoms with Crippen LogP contribution in [0.4, 0.5) is 0 Å². The van der Waals surface area contributed by atoms with Crippen LogP contribution in [0.3, 0.4) is 0 Å². The van der Waals surface area contributed by atoms with Gasteiger partial charge in [0.25, 0.3) is 0 Å². The van der Waals surface area contributed by atoms with Crippen molar-refractivity contribution >= 4 is 44.8 Å². The van der Waals surface area contributed by atoms with Crippen molar-refractivity contribution in [2.45, 2.75) is 12.8 Å². The Morgan fingerprint density at radius 1 is 1.50 bits per heavy atom. The predicted octanol–water partition coefficient (Wildman–Crippen LogP) is 3.36. The highest BCUT2D eigenvalue weighted by Gasteiger charge is 2.04. The molecule has 0 amide bonds. The summed E-state index contributed by atoms with van der Waals surface area (Å²) in [7, 11) is 0. The van der Waals surface area contributed by atoms with E-state index in [0.717, 1.165) is 19.9 Å². The lowest BCUT2D eigenvalue weighted by Crippen LogP contribution is -1.94. The minimum atomic E-state index is -0.0176. The second-order valence-corrected chi connectivity index (χ2v) is 4.79. The summed E-state index contributed by atoms with van der Waals surface area (Å²) >= 11 is 5.62. The van der Waals surface area contributed by atoms with Gasteiger partial charge in [0, 0.05) is 14.0 Å². The van der Waals surface area contributed by atoms with Crippen LogP contribution in [-0.2, 0) is 4.79 Å². The number of aldehydes is 1. The van der Waals surface area contributed by atoms with E-state index in [-0.39, 0.29) is 5.92 Å². The van der Waals surface area contributed by atoms with Crippen LogP contribution in [0.2, 0.25) is 0 Å². The number of hydrogen-bond acceptors (Lipinski definition) is 1. The zero-order chi connectivity index (χ0) is 9.14. The van der Waals surface area contributed by atoms with Crippen molar-refractivity contribution in [3.05, 3.63) is 31.8 Å². The number of carbonyl (C=O) groups excluding carboxylic acids is 1. The van der Waals surface area contributed by atoms with Gasteiger partial charge in [-0.05, 0) is 46.4 Å². The summed E-state index contributed by atoms with van der Waals surface area (Å²) in [5.74, 6) is -0.0176. The molecule has 0 bridgehead atoms. The molecule has 0 spiro atoms. The minimum absolute atomic E-state index is 0.0176. The first kappa shape index (κ1) is 10.2. The first-order valence-corrected chi connectivity index (χ1v) is 5.42. The van der Waals surface area contributed by atoms with E-state index >= 15 is 0 Å². The Hall–Kier alpha value is 0.1000. The lowest BCUT2D eigenvalue weighted by atomic mass is 10.0. The van der Waals surface area contributed by atoms with Crippen LogP contribution >= 0.6 is 38.5 Å². The van der Waals surface area contributed by atoms with E-state index in [0.29, 0.717) is 0 Å². The van der Waals surface area contributed by atoms with Gasteiger partial charge in [0.2, 0.25) is 0 Å². The van der Waals surface area contributed by atoms with Crippen LogP contribution in [0.25, 0.3) is 0 Å². The molecule has 0 N–H and O–H groups in total. The van der Waals surface area contributed by atoms with E-state index < -0.39 is 0 Å². The molecule has 0 saturated heterocycles. The molecule has 0 heterocycles. The molecule has 0 radical (unpaired) electrons. The monoisotopic (exact) mass is 338 g/mol. The molecule has 3 heteroatoms. The Morgan fingerprint density at radius 3 is 2.67 bits per heavy atom. The zero-order valence-corrected chi connectivity index (χ0v) is 10.3. The Labute approximate surface area is 93.8 Å². The van der Waals surface area contributed by atoms with Gasteiger partial charge in [-0.2, -0.15) is 0 Å². The highest BCUT2D eigenvalue weighted by Crippen LogP contribution is 2.21. The van der Waals surface area contributed by atoms with Crippen molar-refractivity contribution < 1.29 is 4.79 Å². The van der Waals surface area contributed by atoms with Gasteiger partial charge in [0.05, 0.1) is 0 Å². The van der Waals surface area contributed by atoms with E-state index in [1.165, 1.54) is 0 Å². The molecule has 1 rings (SSSR count). The minimum Gasteiger partial charge on any atom is -0.303 e. The van der Waals surface area contributed by atoms with Crippen LogP contribution in [0, 0.1) is 3.57 Å². The van der Waals surface area contributed by atoms with Crippen molar-refractivity contribution in [3.63, 3.8) is 0 Å². The van der Waals surface area contributed by atoms with Gasteiger partial charge in [-0.25, -0.2) is 0 Å². The zero-order valence-electron chi connectivity index (χ0n) is 6.55. The van der Waals surface area contributed by atoms with Gasteiger partial charge < -0.3 is 4.79 Å². The van der Waals surface area contributed by atoms with Gasteiger partial charge in [0.1, 0.15) is 6.29 Å². The maximum absolute atomic E-state index is 10.5.